The van der Waals surface area contributed by atoms with Crippen LogP contribution in [0.15, 0.2) is 75.9 Å². The van der Waals surface area contributed by atoms with Gasteiger partial charge in [-0.1, -0.05) is 41.0 Å². The fraction of sp³-hybridized carbons (Fsp3) is 0.0870. The van der Waals surface area contributed by atoms with Crippen LogP contribution in [0.3, 0.4) is 0 Å². The van der Waals surface area contributed by atoms with Gasteiger partial charge < -0.3 is 9.73 Å². The molecular formula is C23H16Cl2N6O2S2. The number of benzene rings is 1. The van der Waals surface area contributed by atoms with E-state index in [9.17, 15) is 4.79 Å². The highest BCUT2D eigenvalue weighted by molar-refractivity contribution is 7.98. The monoisotopic (exact) mass is 542 g/mol. The maximum absolute atomic E-state index is 12.5. The summed E-state index contributed by atoms with van der Waals surface area (Å²) < 4.78 is 7.39. The highest BCUT2D eigenvalue weighted by Crippen LogP contribution is 2.33. The summed E-state index contributed by atoms with van der Waals surface area (Å²) in [6, 6.07) is 14.4. The average molecular weight is 543 g/mol. The summed E-state index contributed by atoms with van der Waals surface area (Å²) in [5.74, 6) is 1.35. The van der Waals surface area contributed by atoms with Crippen LogP contribution in [0.25, 0.3) is 17.3 Å². The number of nitrogens with zero attached hydrogens (tertiary/aromatic N) is 5. The van der Waals surface area contributed by atoms with Crippen molar-refractivity contribution in [2.45, 2.75) is 17.5 Å². The number of aromatic nitrogens is 5. The fourth-order valence-corrected chi connectivity index (χ4v) is 5.19. The van der Waals surface area contributed by atoms with E-state index in [1.807, 2.05) is 34.9 Å². The number of pyridine rings is 1. The summed E-state index contributed by atoms with van der Waals surface area (Å²) in [4.78, 5) is 21.2. The van der Waals surface area contributed by atoms with E-state index >= 15 is 0 Å². The van der Waals surface area contributed by atoms with Crippen LogP contribution in [0.2, 0.25) is 10.0 Å². The van der Waals surface area contributed by atoms with Gasteiger partial charge in [0.2, 0.25) is 5.82 Å². The SMILES string of the molecule is O=C(NCc1ccccn1)c1csc(CSc2nnc(-c3ccco3)n2-c2ccc(Cl)c(Cl)c2)n1. The van der Waals surface area contributed by atoms with Gasteiger partial charge in [-0.2, -0.15) is 0 Å². The zero-order valence-corrected chi connectivity index (χ0v) is 21.0. The topological polar surface area (TPSA) is 98.7 Å². The van der Waals surface area contributed by atoms with Crippen LogP contribution in [0.1, 0.15) is 21.2 Å². The maximum atomic E-state index is 12.5. The minimum atomic E-state index is -0.248. The van der Waals surface area contributed by atoms with Gasteiger partial charge in [-0.3, -0.25) is 14.3 Å². The van der Waals surface area contributed by atoms with E-state index in [4.69, 9.17) is 27.6 Å². The molecule has 0 fully saturated rings. The maximum Gasteiger partial charge on any atom is 0.271 e. The van der Waals surface area contributed by atoms with Gasteiger partial charge in [0.1, 0.15) is 10.7 Å². The molecule has 1 amide bonds. The van der Waals surface area contributed by atoms with Gasteiger partial charge in [-0.25, -0.2) is 4.98 Å². The number of hydrogen-bond donors (Lipinski definition) is 1. The van der Waals surface area contributed by atoms with Gasteiger partial charge in [0.15, 0.2) is 10.9 Å². The van der Waals surface area contributed by atoms with E-state index in [2.05, 4.69) is 25.5 Å². The van der Waals surface area contributed by atoms with Gasteiger partial charge in [-0.05, 0) is 42.5 Å². The molecule has 1 N–H and O–H groups in total. The first kappa shape index (κ1) is 23.6. The highest BCUT2D eigenvalue weighted by Gasteiger charge is 2.20. The zero-order chi connectivity index (χ0) is 24.2. The third-order valence-electron chi connectivity index (χ3n) is 4.80. The first-order valence-electron chi connectivity index (χ1n) is 10.3. The van der Waals surface area contributed by atoms with Gasteiger partial charge in [0, 0.05) is 11.6 Å². The van der Waals surface area contributed by atoms with E-state index in [0.717, 1.165) is 16.4 Å². The second kappa shape index (κ2) is 10.6. The first-order chi connectivity index (χ1) is 17.1. The molecule has 5 aromatic rings. The van der Waals surface area contributed by atoms with Crippen molar-refractivity contribution < 1.29 is 9.21 Å². The van der Waals surface area contributed by atoms with Crippen molar-refractivity contribution in [3.8, 4) is 17.3 Å². The van der Waals surface area contributed by atoms with Crippen LogP contribution in [-0.4, -0.2) is 30.6 Å². The Balaban J connectivity index is 1.32. The quantitative estimate of drug-likeness (QED) is 0.243. The van der Waals surface area contributed by atoms with Gasteiger partial charge >= 0.3 is 0 Å². The van der Waals surface area contributed by atoms with E-state index in [-0.39, 0.29) is 5.91 Å². The first-order valence-corrected chi connectivity index (χ1v) is 12.9. The molecule has 4 heterocycles. The van der Waals surface area contributed by atoms with Crippen LogP contribution in [0, 0.1) is 0 Å². The molecule has 0 unspecified atom stereocenters. The van der Waals surface area contributed by atoms with E-state index < -0.39 is 0 Å². The summed E-state index contributed by atoms with van der Waals surface area (Å²) in [6.07, 6.45) is 3.26. The lowest BCUT2D eigenvalue weighted by molar-refractivity contribution is 0.0946. The average Bonchev–Trinajstić information content (AvgIpc) is 3.64. The molecule has 0 aliphatic carbocycles. The van der Waals surface area contributed by atoms with Crippen LogP contribution < -0.4 is 5.32 Å². The normalized spacial score (nSPS) is 11.0. The lowest BCUT2D eigenvalue weighted by Crippen LogP contribution is -2.23. The number of thiazole rings is 1. The number of hydrogen-bond acceptors (Lipinski definition) is 8. The third-order valence-corrected chi connectivity index (χ3v) is 7.51. The Morgan fingerprint density at radius 2 is 2.03 bits per heavy atom. The molecule has 0 atom stereocenters. The predicted molar refractivity (Wildman–Crippen MR) is 136 cm³/mol. The summed E-state index contributed by atoms with van der Waals surface area (Å²) in [5.41, 5.74) is 1.89. The Labute approximate surface area is 218 Å². The number of halogens is 2. The van der Waals surface area contributed by atoms with Crippen molar-refractivity contribution in [1.82, 2.24) is 30.0 Å². The standard InChI is InChI=1S/C23H16Cl2N6O2S2/c24-16-7-6-15(10-17(16)25)31-21(19-5-3-9-33-19)29-30-23(31)35-13-20-28-18(12-34-20)22(32)27-11-14-4-1-2-8-26-14/h1-10,12H,11,13H2,(H,27,32). The second-order valence-electron chi connectivity index (χ2n) is 7.14. The Hall–Kier alpha value is -3.18. The molecule has 0 aliphatic heterocycles. The zero-order valence-electron chi connectivity index (χ0n) is 17.9. The van der Waals surface area contributed by atoms with Gasteiger partial charge in [0.05, 0.1) is 40.0 Å². The van der Waals surface area contributed by atoms with Crippen molar-refractivity contribution in [1.29, 1.82) is 0 Å². The number of rotatable bonds is 8. The molecule has 0 aliphatic rings. The van der Waals surface area contributed by atoms with Crippen LogP contribution in [0.4, 0.5) is 0 Å². The minimum absolute atomic E-state index is 0.248. The van der Waals surface area contributed by atoms with Crippen LogP contribution in [-0.2, 0) is 12.3 Å². The number of amides is 1. The Morgan fingerprint density at radius 1 is 1.11 bits per heavy atom. The lowest BCUT2D eigenvalue weighted by Gasteiger charge is -2.10. The molecule has 0 bridgehead atoms. The minimum Gasteiger partial charge on any atom is -0.461 e. The molecule has 5 rings (SSSR count). The lowest BCUT2D eigenvalue weighted by atomic mass is 10.3. The Bertz CT molecular complexity index is 1450. The number of carbonyl (C=O) groups is 1. The number of furan rings is 1. The molecular weight excluding hydrogens is 527 g/mol. The van der Waals surface area contributed by atoms with Crippen LogP contribution in [0.5, 0.6) is 0 Å². The van der Waals surface area contributed by atoms with Crippen molar-refractivity contribution in [2.75, 3.05) is 0 Å². The summed E-state index contributed by atoms with van der Waals surface area (Å²) >= 11 is 15.2. The number of carbonyl (C=O) groups excluding carboxylic acids is 1. The van der Waals surface area contributed by atoms with E-state index in [0.29, 0.717) is 44.8 Å². The fourth-order valence-electron chi connectivity index (χ4n) is 3.16. The third kappa shape index (κ3) is 5.40. The molecule has 0 radical (unpaired) electrons. The largest absolute Gasteiger partial charge is 0.461 e. The van der Waals surface area contributed by atoms with Crippen molar-refractivity contribution >= 4 is 52.2 Å². The molecule has 8 nitrogen and oxygen atoms in total. The van der Waals surface area contributed by atoms with Crippen molar-refractivity contribution in [3.63, 3.8) is 0 Å². The van der Waals surface area contributed by atoms with Gasteiger partial charge in [-0.15, -0.1) is 21.5 Å². The molecule has 1 aromatic carbocycles. The molecule has 176 valence electrons. The summed E-state index contributed by atoms with van der Waals surface area (Å²) in [7, 11) is 0. The predicted octanol–water partition coefficient (Wildman–Crippen LogP) is 5.91. The molecule has 4 aromatic heterocycles. The molecule has 0 saturated heterocycles. The van der Waals surface area contributed by atoms with Gasteiger partial charge in [0.25, 0.3) is 5.91 Å². The van der Waals surface area contributed by atoms with Crippen LogP contribution >= 0.6 is 46.3 Å². The molecule has 12 heteroatoms. The molecule has 0 spiro atoms. The smallest absolute Gasteiger partial charge is 0.271 e. The summed E-state index contributed by atoms with van der Waals surface area (Å²) in [6.45, 7) is 0.337. The second-order valence-corrected chi connectivity index (χ2v) is 9.84. The van der Waals surface area contributed by atoms with E-state index in [1.54, 1.807) is 36.0 Å². The summed E-state index contributed by atoms with van der Waals surface area (Å²) in [5, 5.41) is 15.5. The number of thioether (sulfide) groups is 1. The number of nitrogens with one attached hydrogen (secondary N) is 1. The Morgan fingerprint density at radius 3 is 2.80 bits per heavy atom. The molecule has 35 heavy (non-hydrogen) atoms. The molecule has 0 saturated carbocycles. The Kier molecular flexibility index (Phi) is 7.14. The van der Waals surface area contributed by atoms with Crippen molar-refractivity contribution in [2.24, 2.45) is 0 Å². The van der Waals surface area contributed by atoms with E-state index in [1.165, 1.54) is 23.1 Å². The van der Waals surface area contributed by atoms with Crippen molar-refractivity contribution in [3.05, 3.63) is 92.8 Å². The highest BCUT2D eigenvalue weighted by atomic mass is 35.5.